The van der Waals surface area contributed by atoms with Gasteiger partial charge in [0, 0.05) is 12.3 Å². The van der Waals surface area contributed by atoms with E-state index in [-0.39, 0.29) is 12.4 Å². The summed E-state index contributed by atoms with van der Waals surface area (Å²) in [6.07, 6.45) is -1.44. The number of esters is 1. The van der Waals surface area contributed by atoms with Gasteiger partial charge in [-0.15, -0.1) is 0 Å². The average Bonchev–Trinajstić information content (AvgIpc) is 3.24. The molecule has 3 N–H and O–H groups in total. The molecule has 2 fully saturated rings. The summed E-state index contributed by atoms with van der Waals surface area (Å²) in [7, 11) is -4.25. The van der Waals surface area contributed by atoms with Crippen molar-refractivity contribution in [2.24, 2.45) is 0 Å². The molecule has 13 nitrogen and oxygen atoms in total. The third-order valence-electron chi connectivity index (χ3n) is 6.08. The van der Waals surface area contributed by atoms with Crippen LogP contribution in [0.1, 0.15) is 27.7 Å². The van der Waals surface area contributed by atoms with E-state index in [1.807, 2.05) is 0 Å². The minimum Gasteiger partial charge on any atom is -0.462 e. The van der Waals surface area contributed by atoms with E-state index in [1.54, 1.807) is 44.2 Å². The number of aromatic amines is 1. The second kappa shape index (κ2) is 10.2. The molecule has 3 heterocycles. The number of carbonyl (C=O) groups excluding carboxylic acids is 1. The number of aliphatic hydroxyl groups is 1. The summed E-state index contributed by atoms with van der Waals surface area (Å²) in [6, 6.07) is 8.27. The smallest absolute Gasteiger partial charge is 0.459 e. The van der Waals surface area contributed by atoms with E-state index in [0.717, 1.165) is 10.6 Å². The molecule has 2 aliphatic heterocycles. The van der Waals surface area contributed by atoms with Crippen LogP contribution in [-0.2, 0) is 33.8 Å². The molecule has 1 aromatic carbocycles. The van der Waals surface area contributed by atoms with Gasteiger partial charge < -0.3 is 23.8 Å². The van der Waals surface area contributed by atoms with Crippen molar-refractivity contribution in [2.45, 2.75) is 63.4 Å². The fraction of sp³-hybridized carbons (Fsp3) is 0.522. The molecule has 4 rings (SSSR count). The molecule has 202 valence electrons. The van der Waals surface area contributed by atoms with Crippen molar-refractivity contribution < 1.29 is 37.7 Å². The largest absolute Gasteiger partial charge is 0.462 e. The molecule has 1 aromatic heterocycles. The minimum absolute atomic E-state index is 0.136. The van der Waals surface area contributed by atoms with Gasteiger partial charge in [0.1, 0.15) is 29.6 Å². The van der Waals surface area contributed by atoms with Crippen molar-refractivity contribution in [3.05, 3.63) is 63.4 Å². The van der Waals surface area contributed by atoms with Crippen molar-refractivity contribution in [1.82, 2.24) is 14.6 Å². The minimum atomic E-state index is -4.25. The summed E-state index contributed by atoms with van der Waals surface area (Å²) in [5.41, 5.74) is -4.39. The lowest BCUT2D eigenvalue weighted by atomic mass is 9.98. The first kappa shape index (κ1) is 27.2. The van der Waals surface area contributed by atoms with Crippen LogP contribution >= 0.6 is 7.75 Å². The van der Waals surface area contributed by atoms with Crippen molar-refractivity contribution in [1.29, 1.82) is 0 Å². The molecule has 2 bridgehead atoms. The van der Waals surface area contributed by atoms with Crippen LogP contribution < -0.4 is 20.9 Å². The zero-order valence-corrected chi connectivity index (χ0v) is 21.7. The Hall–Kier alpha value is -2.80. The molecule has 0 amide bonds. The van der Waals surface area contributed by atoms with E-state index >= 15 is 0 Å². The van der Waals surface area contributed by atoms with E-state index in [2.05, 4.69) is 10.1 Å². The summed E-state index contributed by atoms with van der Waals surface area (Å²) in [5, 5.41) is 13.6. The number of fused-ring (bicyclic) bond motifs is 2. The van der Waals surface area contributed by atoms with Crippen molar-refractivity contribution in [2.75, 3.05) is 13.2 Å². The zero-order valence-electron chi connectivity index (χ0n) is 20.8. The molecule has 0 saturated carbocycles. The van der Waals surface area contributed by atoms with Crippen LogP contribution in [-0.4, -0.2) is 63.8 Å². The van der Waals surface area contributed by atoms with E-state index in [9.17, 15) is 24.1 Å². The molecule has 37 heavy (non-hydrogen) atoms. The second-order valence-corrected chi connectivity index (χ2v) is 11.1. The number of ether oxygens (including phenoxy) is 3. The SMILES string of the molecule is CC(C)OC(=O)[C@H](C)NP(=O)(OCC12CO[C@H]([C@@H]1O)[C@@](C)(n1ccc(=O)[nH]c1=O)O2)Oc1ccccc1. The summed E-state index contributed by atoms with van der Waals surface area (Å²) in [4.78, 5) is 38.5. The van der Waals surface area contributed by atoms with Crippen molar-refractivity contribution >= 4 is 13.7 Å². The van der Waals surface area contributed by atoms with E-state index < -0.39 is 67.3 Å². The van der Waals surface area contributed by atoms with Crippen LogP contribution in [0.5, 0.6) is 5.75 Å². The van der Waals surface area contributed by atoms with Gasteiger partial charge >= 0.3 is 19.4 Å². The van der Waals surface area contributed by atoms with Crippen LogP contribution in [0.15, 0.2) is 52.2 Å². The van der Waals surface area contributed by atoms with E-state index in [0.29, 0.717) is 0 Å². The standard InChI is InChI=1S/C23H30N3O10P/c1-14(2)34-20(29)15(3)25-37(31,35-16-8-6-5-7-9-16)33-13-23-12-32-19(18(23)28)22(4,36-23)26-11-10-17(27)24-21(26)30/h5-11,14-15,18-19,28H,12-13H2,1-4H3,(H,25,31)(H,24,27,30)/t15-,18-,19+,22-,23?,37?/m0/s1. The van der Waals surface area contributed by atoms with Crippen LogP contribution in [0.2, 0.25) is 0 Å². The Bertz CT molecular complexity index is 1300. The Balaban J connectivity index is 1.58. The predicted molar refractivity (Wildman–Crippen MR) is 129 cm³/mol. The first-order chi connectivity index (χ1) is 17.4. The Labute approximate surface area is 212 Å². The molecule has 2 unspecified atom stereocenters. The Kier molecular flexibility index (Phi) is 7.48. The third kappa shape index (κ3) is 5.42. The number of nitrogens with zero attached hydrogens (tertiary/aromatic N) is 1. The van der Waals surface area contributed by atoms with Gasteiger partial charge in [0.05, 0.1) is 19.3 Å². The summed E-state index contributed by atoms with van der Waals surface area (Å²) >= 11 is 0. The highest BCUT2D eigenvalue weighted by molar-refractivity contribution is 7.52. The van der Waals surface area contributed by atoms with Gasteiger partial charge in [0.2, 0.25) is 0 Å². The number of aromatic nitrogens is 2. The predicted octanol–water partition coefficient (Wildman–Crippen LogP) is 0.871. The molecular weight excluding hydrogens is 509 g/mol. The summed E-state index contributed by atoms with van der Waals surface area (Å²) < 4.78 is 43.3. The van der Waals surface area contributed by atoms with Gasteiger partial charge in [-0.1, -0.05) is 18.2 Å². The molecule has 2 aliphatic rings. The zero-order chi connectivity index (χ0) is 27.0. The Morgan fingerprint density at radius 3 is 2.62 bits per heavy atom. The monoisotopic (exact) mass is 539 g/mol. The Morgan fingerprint density at radius 1 is 1.27 bits per heavy atom. The maximum absolute atomic E-state index is 13.8. The third-order valence-corrected chi connectivity index (χ3v) is 7.70. The van der Waals surface area contributed by atoms with Crippen molar-refractivity contribution in [3.63, 3.8) is 0 Å². The van der Waals surface area contributed by atoms with Crippen LogP contribution in [0.25, 0.3) is 0 Å². The number of nitrogens with one attached hydrogen (secondary N) is 2. The highest BCUT2D eigenvalue weighted by Gasteiger charge is 2.68. The quantitative estimate of drug-likeness (QED) is 0.289. The average molecular weight is 539 g/mol. The molecule has 0 radical (unpaired) electrons. The lowest BCUT2D eigenvalue weighted by molar-refractivity contribution is -0.242. The number of benzene rings is 1. The number of para-hydroxylation sites is 1. The van der Waals surface area contributed by atoms with Gasteiger partial charge in [-0.3, -0.25) is 23.7 Å². The fourth-order valence-corrected chi connectivity index (χ4v) is 5.88. The molecule has 2 aromatic rings. The molecule has 0 spiro atoms. The summed E-state index contributed by atoms with van der Waals surface area (Å²) in [5.74, 6) is -0.460. The van der Waals surface area contributed by atoms with E-state index in [1.165, 1.54) is 20.0 Å². The topological polar surface area (TPSA) is 167 Å². The number of carbonyl (C=O) groups is 1. The maximum atomic E-state index is 13.8. The number of aliphatic hydroxyl groups excluding tert-OH is 1. The fourth-order valence-electron chi connectivity index (χ4n) is 4.33. The van der Waals surface area contributed by atoms with Crippen molar-refractivity contribution in [3.8, 4) is 5.75 Å². The van der Waals surface area contributed by atoms with Crippen LogP contribution in [0.4, 0.5) is 0 Å². The highest BCUT2D eigenvalue weighted by Crippen LogP contribution is 2.52. The number of H-pyrrole nitrogens is 1. The summed E-state index contributed by atoms with van der Waals surface area (Å²) in [6.45, 7) is 5.71. The van der Waals surface area contributed by atoms with Gasteiger partial charge in [-0.25, -0.2) is 9.36 Å². The van der Waals surface area contributed by atoms with Gasteiger partial charge in [-0.2, -0.15) is 5.09 Å². The highest BCUT2D eigenvalue weighted by atomic mass is 31.2. The lowest BCUT2D eigenvalue weighted by Crippen LogP contribution is -2.53. The number of hydrogen-bond donors (Lipinski definition) is 3. The molecular formula is C23H30N3O10P. The first-order valence-corrected chi connectivity index (χ1v) is 13.2. The Morgan fingerprint density at radius 2 is 1.97 bits per heavy atom. The number of rotatable bonds is 10. The molecule has 0 aliphatic carbocycles. The van der Waals surface area contributed by atoms with Gasteiger partial charge in [0.25, 0.3) is 5.56 Å². The number of hydrogen-bond acceptors (Lipinski definition) is 10. The second-order valence-electron chi connectivity index (χ2n) is 9.39. The molecule has 6 atom stereocenters. The first-order valence-electron chi connectivity index (χ1n) is 11.7. The lowest BCUT2D eigenvalue weighted by Gasteiger charge is -2.38. The maximum Gasteiger partial charge on any atom is 0.459 e. The van der Waals surface area contributed by atoms with Crippen LogP contribution in [0, 0.1) is 0 Å². The molecule has 14 heteroatoms. The van der Waals surface area contributed by atoms with E-state index in [4.69, 9.17) is 23.3 Å². The van der Waals surface area contributed by atoms with Crippen LogP contribution in [0.3, 0.4) is 0 Å². The normalized spacial score (nSPS) is 29.1. The molecule has 2 saturated heterocycles. The van der Waals surface area contributed by atoms with Gasteiger partial charge in [0.15, 0.2) is 5.72 Å². The van der Waals surface area contributed by atoms with Gasteiger partial charge in [-0.05, 0) is 39.8 Å².